The predicted octanol–water partition coefficient (Wildman–Crippen LogP) is 1.71. The highest BCUT2D eigenvalue weighted by Crippen LogP contribution is 1.99. The van der Waals surface area contributed by atoms with Crippen LogP contribution in [-0.2, 0) is 4.79 Å². The van der Waals surface area contributed by atoms with Crippen LogP contribution in [0.3, 0.4) is 0 Å². The molecule has 1 atom stereocenters. The molecule has 0 bridgehead atoms. The van der Waals surface area contributed by atoms with Crippen molar-refractivity contribution in [3.05, 3.63) is 0 Å². The Hall–Kier alpha value is -1.41. The van der Waals surface area contributed by atoms with E-state index < -0.39 is 0 Å². The third kappa shape index (κ3) is 6.14. The predicted molar refractivity (Wildman–Crippen MR) is 58.4 cm³/mol. The molecule has 0 spiro atoms. The SMILES string of the molecule is C#CCCCCC(=O)NC(C#C)CC. The van der Waals surface area contributed by atoms with E-state index in [-0.39, 0.29) is 11.9 Å². The summed E-state index contributed by atoms with van der Waals surface area (Å²) in [5.74, 6) is 5.08. The third-order valence-corrected chi connectivity index (χ3v) is 1.92. The van der Waals surface area contributed by atoms with Gasteiger partial charge in [0.25, 0.3) is 0 Å². The largest absolute Gasteiger partial charge is 0.342 e. The summed E-state index contributed by atoms with van der Waals surface area (Å²) in [6, 6.07) is -0.130. The fourth-order valence-electron chi connectivity index (χ4n) is 1.04. The summed E-state index contributed by atoms with van der Waals surface area (Å²) < 4.78 is 0. The summed E-state index contributed by atoms with van der Waals surface area (Å²) in [6.07, 6.45) is 14.1. The zero-order chi connectivity index (χ0) is 10.8. The van der Waals surface area contributed by atoms with Crippen molar-refractivity contribution in [2.45, 2.75) is 45.1 Å². The maximum Gasteiger partial charge on any atom is 0.220 e. The van der Waals surface area contributed by atoms with Crippen molar-refractivity contribution in [3.63, 3.8) is 0 Å². The lowest BCUT2D eigenvalue weighted by Gasteiger charge is -2.09. The van der Waals surface area contributed by atoms with Crippen molar-refractivity contribution in [1.29, 1.82) is 0 Å². The Bertz CT molecular complexity index is 244. The Kier molecular flexibility index (Phi) is 7.37. The van der Waals surface area contributed by atoms with Gasteiger partial charge in [0, 0.05) is 12.8 Å². The van der Waals surface area contributed by atoms with Crippen molar-refractivity contribution < 1.29 is 4.79 Å². The molecule has 2 heteroatoms. The van der Waals surface area contributed by atoms with Crippen LogP contribution in [0.1, 0.15) is 39.0 Å². The average molecular weight is 191 g/mol. The summed E-state index contributed by atoms with van der Waals surface area (Å²) in [6.45, 7) is 1.95. The highest BCUT2D eigenvalue weighted by molar-refractivity contribution is 5.76. The van der Waals surface area contributed by atoms with Crippen LogP contribution in [0.2, 0.25) is 0 Å². The number of unbranched alkanes of at least 4 members (excludes halogenated alkanes) is 2. The molecule has 0 saturated carbocycles. The van der Waals surface area contributed by atoms with Gasteiger partial charge >= 0.3 is 0 Å². The number of nitrogens with one attached hydrogen (secondary N) is 1. The second kappa shape index (κ2) is 8.20. The molecule has 14 heavy (non-hydrogen) atoms. The van der Waals surface area contributed by atoms with Gasteiger partial charge in [0.15, 0.2) is 0 Å². The number of carbonyl (C=O) groups excluding carboxylic acids is 1. The molecule has 0 aliphatic carbocycles. The van der Waals surface area contributed by atoms with Crippen molar-refractivity contribution in [2.75, 3.05) is 0 Å². The van der Waals surface area contributed by atoms with E-state index in [1.807, 2.05) is 6.92 Å². The first-order chi connectivity index (χ1) is 6.74. The molecule has 0 radical (unpaired) electrons. The Morgan fingerprint density at radius 1 is 1.43 bits per heavy atom. The van der Waals surface area contributed by atoms with E-state index in [1.54, 1.807) is 0 Å². The average Bonchev–Trinajstić information content (AvgIpc) is 2.21. The van der Waals surface area contributed by atoms with Crippen LogP contribution in [-0.4, -0.2) is 11.9 Å². The van der Waals surface area contributed by atoms with Gasteiger partial charge < -0.3 is 5.32 Å². The fraction of sp³-hybridized carbons (Fsp3) is 0.583. The van der Waals surface area contributed by atoms with Gasteiger partial charge in [0.2, 0.25) is 5.91 Å². The number of hydrogen-bond donors (Lipinski definition) is 1. The smallest absolute Gasteiger partial charge is 0.220 e. The monoisotopic (exact) mass is 191 g/mol. The van der Waals surface area contributed by atoms with Crippen LogP contribution in [0.4, 0.5) is 0 Å². The van der Waals surface area contributed by atoms with Gasteiger partial charge in [0.1, 0.15) is 0 Å². The maximum atomic E-state index is 11.3. The van der Waals surface area contributed by atoms with Crippen LogP contribution in [0.5, 0.6) is 0 Å². The minimum Gasteiger partial charge on any atom is -0.342 e. The Morgan fingerprint density at radius 3 is 2.64 bits per heavy atom. The first-order valence-electron chi connectivity index (χ1n) is 4.93. The lowest BCUT2D eigenvalue weighted by molar-refractivity contribution is -0.121. The standard InChI is InChI=1S/C12H17NO/c1-4-7-8-9-10-12(14)13-11(5-2)6-3/h1-2,11H,6-10H2,3H3,(H,13,14). The van der Waals surface area contributed by atoms with Crippen molar-refractivity contribution in [2.24, 2.45) is 0 Å². The zero-order valence-electron chi connectivity index (χ0n) is 8.68. The maximum absolute atomic E-state index is 11.3. The third-order valence-electron chi connectivity index (χ3n) is 1.92. The lowest BCUT2D eigenvalue weighted by Crippen LogP contribution is -2.32. The topological polar surface area (TPSA) is 29.1 Å². The Balaban J connectivity index is 3.56. The lowest BCUT2D eigenvalue weighted by atomic mass is 10.1. The van der Waals surface area contributed by atoms with Crippen LogP contribution in [0.15, 0.2) is 0 Å². The van der Waals surface area contributed by atoms with Crippen LogP contribution < -0.4 is 5.32 Å². The van der Waals surface area contributed by atoms with Gasteiger partial charge in [-0.1, -0.05) is 12.8 Å². The molecule has 1 amide bonds. The minimum absolute atomic E-state index is 0.0202. The molecule has 2 nitrogen and oxygen atoms in total. The van der Waals surface area contributed by atoms with Gasteiger partial charge in [0.05, 0.1) is 6.04 Å². The number of rotatable bonds is 6. The Labute approximate surface area is 86.5 Å². The van der Waals surface area contributed by atoms with Crippen LogP contribution >= 0.6 is 0 Å². The number of hydrogen-bond acceptors (Lipinski definition) is 1. The van der Waals surface area contributed by atoms with Crippen molar-refractivity contribution in [1.82, 2.24) is 5.32 Å². The highest BCUT2D eigenvalue weighted by Gasteiger charge is 2.05. The van der Waals surface area contributed by atoms with E-state index in [1.165, 1.54) is 0 Å². The van der Waals surface area contributed by atoms with Gasteiger partial charge in [-0.25, -0.2) is 0 Å². The van der Waals surface area contributed by atoms with Crippen molar-refractivity contribution in [3.8, 4) is 24.7 Å². The van der Waals surface area contributed by atoms with Crippen LogP contribution in [0.25, 0.3) is 0 Å². The zero-order valence-corrected chi connectivity index (χ0v) is 8.68. The molecule has 0 aromatic rings. The first kappa shape index (κ1) is 12.6. The second-order valence-electron chi connectivity index (χ2n) is 3.11. The molecule has 1 N–H and O–H groups in total. The van der Waals surface area contributed by atoms with Gasteiger partial charge in [-0.3, -0.25) is 4.79 Å². The number of terminal acetylenes is 2. The van der Waals surface area contributed by atoms with E-state index in [0.717, 1.165) is 25.7 Å². The molecular weight excluding hydrogens is 174 g/mol. The molecule has 0 aromatic carbocycles. The summed E-state index contributed by atoms with van der Waals surface area (Å²) in [7, 11) is 0. The minimum atomic E-state index is -0.130. The van der Waals surface area contributed by atoms with Gasteiger partial charge in [-0.15, -0.1) is 18.8 Å². The molecule has 0 aromatic heterocycles. The summed E-state index contributed by atoms with van der Waals surface area (Å²) >= 11 is 0. The molecular formula is C12H17NO. The van der Waals surface area contributed by atoms with E-state index in [0.29, 0.717) is 6.42 Å². The first-order valence-corrected chi connectivity index (χ1v) is 4.93. The van der Waals surface area contributed by atoms with Gasteiger partial charge in [-0.2, -0.15) is 0 Å². The number of amides is 1. The fourth-order valence-corrected chi connectivity index (χ4v) is 1.04. The highest BCUT2D eigenvalue weighted by atomic mass is 16.1. The molecule has 0 heterocycles. The molecule has 0 saturated heterocycles. The molecule has 0 fully saturated rings. The van der Waals surface area contributed by atoms with E-state index in [9.17, 15) is 4.79 Å². The summed E-state index contributed by atoms with van der Waals surface area (Å²) in [5, 5.41) is 2.77. The quantitative estimate of drug-likeness (QED) is 0.502. The second-order valence-corrected chi connectivity index (χ2v) is 3.11. The molecule has 0 aliphatic heterocycles. The molecule has 1 unspecified atom stereocenters. The Morgan fingerprint density at radius 2 is 2.14 bits per heavy atom. The molecule has 0 aliphatic rings. The normalized spacial score (nSPS) is 11.1. The summed E-state index contributed by atoms with van der Waals surface area (Å²) in [4.78, 5) is 11.3. The van der Waals surface area contributed by atoms with E-state index in [2.05, 4.69) is 17.2 Å². The van der Waals surface area contributed by atoms with Crippen LogP contribution in [0, 0.1) is 24.7 Å². The molecule has 0 rings (SSSR count). The van der Waals surface area contributed by atoms with Gasteiger partial charge in [-0.05, 0) is 19.3 Å². The van der Waals surface area contributed by atoms with E-state index in [4.69, 9.17) is 12.8 Å². The summed E-state index contributed by atoms with van der Waals surface area (Å²) in [5.41, 5.74) is 0. The van der Waals surface area contributed by atoms with Crippen molar-refractivity contribution >= 4 is 5.91 Å². The van der Waals surface area contributed by atoms with E-state index >= 15 is 0 Å². The number of carbonyl (C=O) groups is 1. The molecule has 76 valence electrons.